The van der Waals surface area contributed by atoms with Gasteiger partial charge < -0.3 is 31.9 Å². The van der Waals surface area contributed by atoms with Crippen LogP contribution >= 0.6 is 0 Å². The maximum absolute atomic E-state index is 13.0. The normalized spacial score (nSPS) is 11.8. The number of benzene rings is 2. The second-order valence-electron chi connectivity index (χ2n) is 8.33. The first-order valence-electron chi connectivity index (χ1n) is 11.2. The van der Waals surface area contributed by atoms with E-state index < -0.39 is 23.9 Å². The molecule has 0 saturated heterocycles. The van der Waals surface area contributed by atoms with Crippen LogP contribution in [0.2, 0.25) is 0 Å². The number of nitrogens with two attached hydrogens (primary N) is 2. The van der Waals surface area contributed by atoms with Gasteiger partial charge >= 0.3 is 11.9 Å². The van der Waals surface area contributed by atoms with E-state index in [-0.39, 0.29) is 30.2 Å². The highest BCUT2D eigenvalue weighted by molar-refractivity contribution is 6.11. The molecular weight excluding hydrogens is 480 g/mol. The molecule has 13 heteroatoms. The number of rotatable bonds is 9. The zero-order chi connectivity index (χ0) is 26.7. The second-order valence-corrected chi connectivity index (χ2v) is 8.33. The van der Waals surface area contributed by atoms with Gasteiger partial charge in [-0.25, -0.2) is 14.8 Å². The highest BCUT2D eigenvalue weighted by Crippen LogP contribution is 2.30. The lowest BCUT2D eigenvalue weighted by molar-refractivity contribution is -0.140. The van der Waals surface area contributed by atoms with E-state index in [1.54, 1.807) is 30.5 Å². The van der Waals surface area contributed by atoms with Gasteiger partial charge in [0.1, 0.15) is 6.04 Å². The second kappa shape index (κ2) is 10.3. The molecule has 0 aliphatic heterocycles. The van der Waals surface area contributed by atoms with E-state index in [2.05, 4.69) is 25.3 Å². The predicted octanol–water partition coefficient (Wildman–Crippen LogP) is 1.42. The fourth-order valence-corrected chi connectivity index (χ4v) is 3.96. The molecule has 0 spiro atoms. The topological polar surface area (TPSA) is 211 Å². The summed E-state index contributed by atoms with van der Waals surface area (Å²) < 4.78 is 0. The lowest BCUT2D eigenvalue weighted by atomic mass is 10.0. The van der Waals surface area contributed by atoms with Crippen LogP contribution in [0.3, 0.4) is 0 Å². The molecular formula is C24H24N8O5. The van der Waals surface area contributed by atoms with E-state index in [1.165, 1.54) is 0 Å². The SMILES string of the molecule is CN(Cc1cnc2nc(N)nc(N)c2n1)c1ccc(C(=O)N[C@H](CCC(=O)O)C(=O)O)c2ccccc12. The molecule has 0 bridgehead atoms. The van der Waals surface area contributed by atoms with Gasteiger partial charge in [0.15, 0.2) is 17.0 Å². The van der Waals surface area contributed by atoms with Gasteiger partial charge in [0, 0.05) is 30.1 Å². The maximum Gasteiger partial charge on any atom is 0.326 e. The Bertz CT molecular complexity index is 1530. The van der Waals surface area contributed by atoms with Crippen LogP contribution in [0.25, 0.3) is 21.9 Å². The minimum Gasteiger partial charge on any atom is -0.481 e. The van der Waals surface area contributed by atoms with Crippen LogP contribution in [0.4, 0.5) is 17.5 Å². The quantitative estimate of drug-likeness (QED) is 0.219. The average molecular weight is 505 g/mol. The molecule has 37 heavy (non-hydrogen) atoms. The molecule has 4 rings (SSSR count). The number of amides is 1. The van der Waals surface area contributed by atoms with Gasteiger partial charge in [0.05, 0.1) is 18.4 Å². The standard InChI is InChI=1S/C24H24N8O5/c1-32(11-12-10-27-21-19(28-12)20(25)30-24(26)31-21)17-8-6-15(13-4-2-3-5-14(13)17)22(35)29-16(23(36)37)7-9-18(33)34/h2-6,8,10,16H,7,9,11H2,1H3,(H,29,35)(H,33,34)(H,36,37)(H4,25,26,27,30,31)/t16-/m1/s1. The Hall–Kier alpha value is -5.07. The largest absolute Gasteiger partial charge is 0.481 e. The zero-order valence-corrected chi connectivity index (χ0v) is 19.8. The Morgan fingerprint density at radius 1 is 1.03 bits per heavy atom. The van der Waals surface area contributed by atoms with Gasteiger partial charge in [0.2, 0.25) is 5.95 Å². The molecule has 0 radical (unpaired) electrons. The minimum absolute atomic E-state index is 0.0105. The molecule has 0 unspecified atom stereocenters. The first-order chi connectivity index (χ1) is 17.6. The third-order valence-electron chi connectivity index (χ3n) is 5.71. The molecule has 7 N–H and O–H groups in total. The summed E-state index contributed by atoms with van der Waals surface area (Å²) in [5, 5.41) is 22.0. The highest BCUT2D eigenvalue weighted by Gasteiger charge is 2.23. The monoisotopic (exact) mass is 504 g/mol. The Labute approximate surface area is 210 Å². The Kier molecular flexibility index (Phi) is 6.95. The smallest absolute Gasteiger partial charge is 0.326 e. The number of anilines is 3. The van der Waals surface area contributed by atoms with Gasteiger partial charge in [-0.05, 0) is 23.9 Å². The first-order valence-corrected chi connectivity index (χ1v) is 11.2. The molecule has 2 aromatic heterocycles. The van der Waals surface area contributed by atoms with E-state index in [0.717, 1.165) is 11.1 Å². The number of nitrogen functional groups attached to an aromatic ring is 2. The summed E-state index contributed by atoms with van der Waals surface area (Å²) in [6.45, 7) is 0.346. The van der Waals surface area contributed by atoms with Crippen molar-refractivity contribution in [3.8, 4) is 0 Å². The van der Waals surface area contributed by atoms with Gasteiger partial charge in [-0.15, -0.1) is 0 Å². The number of carbonyl (C=O) groups is 3. The lowest BCUT2D eigenvalue weighted by Crippen LogP contribution is -2.41. The van der Waals surface area contributed by atoms with Crippen LogP contribution < -0.4 is 21.7 Å². The molecule has 1 amide bonds. The predicted molar refractivity (Wildman–Crippen MR) is 136 cm³/mol. The number of hydrogen-bond acceptors (Lipinski definition) is 10. The van der Waals surface area contributed by atoms with Crippen LogP contribution in [0.15, 0.2) is 42.6 Å². The van der Waals surface area contributed by atoms with Crippen molar-refractivity contribution in [2.45, 2.75) is 25.4 Å². The number of aromatic nitrogens is 4. The van der Waals surface area contributed by atoms with Crippen molar-refractivity contribution in [3.05, 3.63) is 53.9 Å². The summed E-state index contributed by atoms with van der Waals surface area (Å²) in [6, 6.07) is 9.21. The third kappa shape index (κ3) is 5.45. The number of carboxylic acids is 2. The highest BCUT2D eigenvalue weighted by atomic mass is 16.4. The summed E-state index contributed by atoms with van der Waals surface area (Å²) in [7, 11) is 1.85. The van der Waals surface area contributed by atoms with Crippen LogP contribution in [-0.4, -0.2) is 61.1 Å². The first kappa shape index (κ1) is 25.0. The maximum atomic E-state index is 13.0. The summed E-state index contributed by atoms with van der Waals surface area (Å²) in [6.07, 6.45) is 0.951. The van der Waals surface area contributed by atoms with E-state index in [4.69, 9.17) is 16.6 Å². The van der Waals surface area contributed by atoms with E-state index in [1.807, 2.05) is 24.1 Å². The van der Waals surface area contributed by atoms with Gasteiger partial charge in [-0.2, -0.15) is 9.97 Å². The number of nitrogens with zero attached hydrogens (tertiary/aromatic N) is 5. The molecule has 2 heterocycles. The Morgan fingerprint density at radius 2 is 1.76 bits per heavy atom. The zero-order valence-electron chi connectivity index (χ0n) is 19.8. The lowest BCUT2D eigenvalue weighted by Gasteiger charge is -2.22. The van der Waals surface area contributed by atoms with Crippen molar-refractivity contribution >= 4 is 57.2 Å². The summed E-state index contributed by atoms with van der Waals surface area (Å²) in [4.78, 5) is 54.0. The molecule has 190 valence electrons. The van der Waals surface area contributed by atoms with Crippen molar-refractivity contribution < 1.29 is 24.6 Å². The number of nitrogens with one attached hydrogen (secondary N) is 1. The van der Waals surface area contributed by atoms with Gasteiger partial charge in [0.25, 0.3) is 5.91 Å². The van der Waals surface area contributed by atoms with Gasteiger partial charge in [-0.1, -0.05) is 24.3 Å². The molecule has 13 nitrogen and oxygen atoms in total. The van der Waals surface area contributed by atoms with E-state index in [0.29, 0.717) is 28.8 Å². The van der Waals surface area contributed by atoms with E-state index in [9.17, 15) is 19.5 Å². The number of fused-ring (bicyclic) bond motifs is 2. The number of hydrogen-bond donors (Lipinski definition) is 5. The van der Waals surface area contributed by atoms with Crippen molar-refractivity contribution in [2.24, 2.45) is 0 Å². The number of carboxylic acid groups (broad SMARTS) is 2. The molecule has 0 fully saturated rings. The molecule has 0 aliphatic carbocycles. The van der Waals surface area contributed by atoms with Crippen LogP contribution in [0.1, 0.15) is 28.9 Å². The molecule has 1 atom stereocenters. The van der Waals surface area contributed by atoms with E-state index >= 15 is 0 Å². The molecule has 2 aromatic carbocycles. The molecule has 0 aliphatic rings. The average Bonchev–Trinajstić information content (AvgIpc) is 2.85. The van der Waals surface area contributed by atoms with Crippen LogP contribution in [0, 0.1) is 0 Å². The fraction of sp³-hybridized carbons (Fsp3) is 0.208. The summed E-state index contributed by atoms with van der Waals surface area (Å²) >= 11 is 0. The van der Waals surface area contributed by atoms with Crippen molar-refractivity contribution in [3.63, 3.8) is 0 Å². The summed E-state index contributed by atoms with van der Waals surface area (Å²) in [5.74, 6) is -2.92. The van der Waals surface area contributed by atoms with Crippen LogP contribution in [0.5, 0.6) is 0 Å². The van der Waals surface area contributed by atoms with Crippen molar-refractivity contribution in [2.75, 3.05) is 23.4 Å². The number of carbonyl (C=O) groups excluding carboxylic acids is 1. The Balaban J connectivity index is 1.62. The fourth-order valence-electron chi connectivity index (χ4n) is 3.96. The third-order valence-corrected chi connectivity index (χ3v) is 5.71. The van der Waals surface area contributed by atoms with Crippen molar-refractivity contribution in [1.82, 2.24) is 25.3 Å². The van der Waals surface area contributed by atoms with Crippen molar-refractivity contribution in [1.29, 1.82) is 0 Å². The van der Waals surface area contributed by atoms with Gasteiger partial charge in [-0.3, -0.25) is 9.59 Å². The van der Waals surface area contributed by atoms with Crippen LogP contribution in [-0.2, 0) is 16.1 Å². The Morgan fingerprint density at radius 3 is 2.46 bits per heavy atom. The molecule has 4 aromatic rings. The minimum atomic E-state index is -1.33. The molecule has 0 saturated carbocycles. The number of aliphatic carboxylic acids is 2. The summed E-state index contributed by atoms with van der Waals surface area (Å²) in [5.41, 5.74) is 13.8.